The number of ether oxygens (including phenoxy) is 1. The van der Waals surface area contributed by atoms with Crippen molar-refractivity contribution < 1.29 is 9.66 Å². The van der Waals surface area contributed by atoms with Crippen molar-refractivity contribution in [3.8, 4) is 0 Å². The van der Waals surface area contributed by atoms with E-state index >= 15 is 0 Å². The van der Waals surface area contributed by atoms with Gasteiger partial charge in [0, 0.05) is 24.8 Å². The fourth-order valence-corrected chi connectivity index (χ4v) is 2.60. The SMILES string of the molecule is Cc1cccc(NC(C)C2CCOCC2)c1[N+](=O)[O-]. The lowest BCUT2D eigenvalue weighted by Gasteiger charge is -2.29. The number of hydrogen-bond acceptors (Lipinski definition) is 4. The number of para-hydroxylation sites is 1. The Morgan fingerprint density at radius 1 is 1.42 bits per heavy atom. The Morgan fingerprint density at radius 2 is 2.11 bits per heavy atom. The molecule has 0 spiro atoms. The van der Waals surface area contributed by atoms with E-state index in [1.807, 2.05) is 6.07 Å². The second-order valence-electron chi connectivity index (χ2n) is 5.11. The van der Waals surface area contributed by atoms with Gasteiger partial charge in [0.05, 0.1) is 4.92 Å². The maximum absolute atomic E-state index is 11.1. The molecular weight excluding hydrogens is 244 g/mol. The molecule has 1 aliphatic rings. The second-order valence-corrected chi connectivity index (χ2v) is 5.11. The lowest BCUT2D eigenvalue weighted by atomic mass is 9.92. The van der Waals surface area contributed by atoms with Crippen molar-refractivity contribution in [2.75, 3.05) is 18.5 Å². The summed E-state index contributed by atoms with van der Waals surface area (Å²) in [5, 5.41) is 14.5. The standard InChI is InChI=1S/C14H20N2O3/c1-10-4-3-5-13(14(10)16(17)18)15-11(2)12-6-8-19-9-7-12/h3-5,11-12,15H,6-9H2,1-2H3. The van der Waals surface area contributed by atoms with Gasteiger partial charge in [-0.25, -0.2) is 0 Å². The van der Waals surface area contributed by atoms with Gasteiger partial charge in [-0.15, -0.1) is 0 Å². The first-order valence-electron chi connectivity index (χ1n) is 6.68. The van der Waals surface area contributed by atoms with Crippen LogP contribution < -0.4 is 5.32 Å². The number of aryl methyl sites for hydroxylation is 1. The minimum atomic E-state index is -0.311. The maximum Gasteiger partial charge on any atom is 0.295 e. The summed E-state index contributed by atoms with van der Waals surface area (Å²) in [4.78, 5) is 10.8. The molecule has 5 heteroatoms. The van der Waals surface area contributed by atoms with Crippen molar-refractivity contribution in [1.29, 1.82) is 0 Å². The van der Waals surface area contributed by atoms with Crippen LogP contribution in [-0.2, 0) is 4.74 Å². The smallest absolute Gasteiger partial charge is 0.295 e. The van der Waals surface area contributed by atoms with E-state index in [2.05, 4.69) is 12.2 Å². The highest BCUT2D eigenvalue weighted by atomic mass is 16.6. The normalized spacial score (nSPS) is 18.0. The van der Waals surface area contributed by atoms with Gasteiger partial charge < -0.3 is 10.1 Å². The van der Waals surface area contributed by atoms with E-state index < -0.39 is 0 Å². The third-order valence-electron chi connectivity index (χ3n) is 3.78. The van der Waals surface area contributed by atoms with Crippen LogP contribution in [0.3, 0.4) is 0 Å². The largest absolute Gasteiger partial charge is 0.381 e. The molecule has 0 aliphatic carbocycles. The molecule has 1 aromatic carbocycles. The minimum Gasteiger partial charge on any atom is -0.381 e. The summed E-state index contributed by atoms with van der Waals surface area (Å²) in [6.45, 7) is 5.42. The molecule has 1 fully saturated rings. The zero-order valence-electron chi connectivity index (χ0n) is 11.4. The molecule has 1 heterocycles. The molecule has 2 rings (SSSR count). The van der Waals surface area contributed by atoms with Crippen LogP contribution in [0.25, 0.3) is 0 Å². The molecule has 0 radical (unpaired) electrons. The molecule has 104 valence electrons. The summed E-state index contributed by atoms with van der Waals surface area (Å²) in [5.41, 5.74) is 1.49. The lowest BCUT2D eigenvalue weighted by Crippen LogP contribution is -2.31. The van der Waals surface area contributed by atoms with Crippen molar-refractivity contribution in [2.45, 2.75) is 32.7 Å². The Hall–Kier alpha value is -1.62. The number of hydrogen-bond donors (Lipinski definition) is 1. The molecule has 19 heavy (non-hydrogen) atoms. The molecule has 1 unspecified atom stereocenters. The molecule has 1 aromatic rings. The number of rotatable bonds is 4. The average Bonchev–Trinajstić information content (AvgIpc) is 2.39. The highest BCUT2D eigenvalue weighted by Gasteiger charge is 2.23. The molecule has 1 saturated heterocycles. The van der Waals surface area contributed by atoms with Crippen LogP contribution in [0.4, 0.5) is 11.4 Å². The molecule has 0 amide bonds. The third kappa shape index (κ3) is 3.23. The minimum absolute atomic E-state index is 0.182. The number of nitrogens with one attached hydrogen (secondary N) is 1. The van der Waals surface area contributed by atoms with Crippen LogP contribution in [0.5, 0.6) is 0 Å². The van der Waals surface area contributed by atoms with Crippen LogP contribution in [0.15, 0.2) is 18.2 Å². The van der Waals surface area contributed by atoms with Gasteiger partial charge in [0.2, 0.25) is 0 Å². The van der Waals surface area contributed by atoms with Crippen molar-refractivity contribution in [2.24, 2.45) is 5.92 Å². The highest BCUT2D eigenvalue weighted by Crippen LogP contribution is 2.30. The maximum atomic E-state index is 11.1. The predicted molar refractivity (Wildman–Crippen MR) is 74.5 cm³/mol. The number of nitrogens with zero attached hydrogens (tertiary/aromatic N) is 1. The van der Waals surface area contributed by atoms with Gasteiger partial charge in [-0.1, -0.05) is 12.1 Å². The van der Waals surface area contributed by atoms with E-state index in [4.69, 9.17) is 4.74 Å². The molecular formula is C14H20N2O3. The van der Waals surface area contributed by atoms with Gasteiger partial charge in [-0.2, -0.15) is 0 Å². The van der Waals surface area contributed by atoms with Gasteiger partial charge in [-0.05, 0) is 38.7 Å². The lowest BCUT2D eigenvalue weighted by molar-refractivity contribution is -0.384. The molecule has 5 nitrogen and oxygen atoms in total. The van der Waals surface area contributed by atoms with E-state index in [9.17, 15) is 10.1 Å². The summed E-state index contributed by atoms with van der Waals surface area (Å²) in [6.07, 6.45) is 2.02. The van der Waals surface area contributed by atoms with Crippen molar-refractivity contribution in [3.63, 3.8) is 0 Å². The van der Waals surface area contributed by atoms with E-state index in [1.54, 1.807) is 19.1 Å². The highest BCUT2D eigenvalue weighted by molar-refractivity contribution is 5.65. The first-order valence-corrected chi connectivity index (χ1v) is 6.68. The van der Waals surface area contributed by atoms with Crippen LogP contribution in [0.1, 0.15) is 25.3 Å². The van der Waals surface area contributed by atoms with Crippen LogP contribution in [0.2, 0.25) is 0 Å². The summed E-state index contributed by atoms with van der Waals surface area (Å²) < 4.78 is 5.35. The predicted octanol–water partition coefficient (Wildman–Crippen LogP) is 3.13. The van der Waals surface area contributed by atoms with Crippen molar-refractivity contribution in [1.82, 2.24) is 0 Å². The summed E-state index contributed by atoms with van der Waals surface area (Å²) in [6, 6.07) is 5.61. The number of nitro groups is 1. The zero-order chi connectivity index (χ0) is 13.8. The fourth-order valence-electron chi connectivity index (χ4n) is 2.60. The van der Waals surface area contributed by atoms with E-state index in [0.29, 0.717) is 17.2 Å². The second kappa shape index (κ2) is 6.02. The molecule has 0 bridgehead atoms. The van der Waals surface area contributed by atoms with E-state index in [1.165, 1.54) is 0 Å². The van der Waals surface area contributed by atoms with E-state index in [-0.39, 0.29) is 16.7 Å². The quantitative estimate of drug-likeness (QED) is 0.670. The monoisotopic (exact) mass is 264 g/mol. The Kier molecular flexibility index (Phi) is 4.37. The van der Waals surface area contributed by atoms with E-state index in [0.717, 1.165) is 26.1 Å². The third-order valence-corrected chi connectivity index (χ3v) is 3.78. The van der Waals surface area contributed by atoms with Crippen molar-refractivity contribution in [3.05, 3.63) is 33.9 Å². The first kappa shape index (κ1) is 13.8. The van der Waals surface area contributed by atoms with Crippen LogP contribution in [0, 0.1) is 23.0 Å². The molecule has 1 atom stereocenters. The average molecular weight is 264 g/mol. The Labute approximate surface area is 113 Å². The number of benzene rings is 1. The van der Waals surface area contributed by atoms with Crippen molar-refractivity contribution >= 4 is 11.4 Å². The first-order chi connectivity index (χ1) is 9.09. The van der Waals surface area contributed by atoms with Gasteiger partial charge in [0.1, 0.15) is 5.69 Å². The fraction of sp³-hybridized carbons (Fsp3) is 0.571. The zero-order valence-corrected chi connectivity index (χ0v) is 11.4. The Bertz CT molecular complexity index is 456. The topological polar surface area (TPSA) is 64.4 Å². The molecule has 0 saturated carbocycles. The Balaban J connectivity index is 2.14. The molecule has 1 N–H and O–H groups in total. The van der Waals surface area contributed by atoms with Crippen LogP contribution in [-0.4, -0.2) is 24.2 Å². The summed E-state index contributed by atoms with van der Waals surface area (Å²) in [7, 11) is 0. The van der Waals surface area contributed by atoms with Gasteiger partial charge in [-0.3, -0.25) is 10.1 Å². The molecule has 0 aromatic heterocycles. The summed E-state index contributed by atoms with van der Waals surface area (Å²) in [5.74, 6) is 0.508. The van der Waals surface area contributed by atoms with Gasteiger partial charge in [0.25, 0.3) is 5.69 Å². The molecule has 1 aliphatic heterocycles. The number of anilines is 1. The van der Waals surface area contributed by atoms with Gasteiger partial charge in [0.15, 0.2) is 0 Å². The Morgan fingerprint density at radius 3 is 2.74 bits per heavy atom. The summed E-state index contributed by atoms with van der Waals surface area (Å²) >= 11 is 0. The van der Waals surface area contributed by atoms with Gasteiger partial charge >= 0.3 is 0 Å². The van der Waals surface area contributed by atoms with Crippen LogP contribution >= 0.6 is 0 Å². The number of nitro benzene ring substituents is 1.